The topological polar surface area (TPSA) is 55.4 Å². The Morgan fingerprint density at radius 1 is 0.481 bits per heavy atom. The van der Waals surface area contributed by atoms with Gasteiger partial charge in [-0.1, -0.05) is 20.8 Å². The van der Waals surface area contributed by atoms with Gasteiger partial charge in [0.05, 0.1) is 51.3 Å². The van der Waals surface area contributed by atoms with Crippen LogP contribution in [0.5, 0.6) is 0 Å². The van der Waals surface area contributed by atoms with Gasteiger partial charge in [-0.15, -0.1) is 0 Å². The molecule has 6 nitrogen and oxygen atoms in total. The zero-order valence-electron chi connectivity index (χ0n) is 18.5. The average Bonchev–Trinajstić information content (AvgIpc) is 2.66. The minimum absolute atomic E-state index is 0.0612. The van der Waals surface area contributed by atoms with Gasteiger partial charge in [0.15, 0.2) is 0 Å². The van der Waals surface area contributed by atoms with Crippen LogP contribution in [0.1, 0.15) is 60.8 Å². The van der Waals surface area contributed by atoms with Gasteiger partial charge in [0.2, 0.25) is 0 Å². The lowest BCUT2D eigenvalue weighted by molar-refractivity contribution is -0.108. The first kappa shape index (κ1) is 26.8. The molecule has 0 aliphatic heterocycles. The lowest BCUT2D eigenvalue weighted by atomic mass is 10.3. The third kappa shape index (κ3) is 17.6. The van der Waals surface area contributed by atoms with Crippen molar-refractivity contribution in [2.24, 2.45) is 0 Å². The molecule has 0 radical (unpaired) electrons. The van der Waals surface area contributed by atoms with Crippen LogP contribution in [0.2, 0.25) is 0 Å². The highest BCUT2D eigenvalue weighted by Crippen LogP contribution is 2.03. The van der Waals surface area contributed by atoms with Gasteiger partial charge in [0.1, 0.15) is 6.10 Å². The molecule has 0 saturated carbocycles. The van der Waals surface area contributed by atoms with E-state index in [0.717, 1.165) is 39.1 Å². The number of hydrogen-bond acceptors (Lipinski definition) is 6. The lowest BCUT2D eigenvalue weighted by Crippen LogP contribution is -2.32. The second-order valence-electron chi connectivity index (χ2n) is 7.07. The van der Waals surface area contributed by atoms with Gasteiger partial charge in [-0.05, 0) is 40.0 Å². The van der Waals surface area contributed by atoms with E-state index in [4.69, 9.17) is 28.4 Å². The highest BCUT2D eigenvalue weighted by molar-refractivity contribution is 4.60. The fourth-order valence-corrected chi connectivity index (χ4v) is 2.25. The highest BCUT2D eigenvalue weighted by Gasteiger charge is 2.15. The van der Waals surface area contributed by atoms with E-state index in [0.29, 0.717) is 33.0 Å². The monoisotopic (exact) mass is 392 g/mol. The summed E-state index contributed by atoms with van der Waals surface area (Å²) < 4.78 is 34.5. The molecule has 0 aliphatic rings. The molecule has 3 unspecified atom stereocenters. The van der Waals surface area contributed by atoms with Gasteiger partial charge in [0.25, 0.3) is 0 Å². The van der Waals surface area contributed by atoms with E-state index in [2.05, 4.69) is 20.8 Å². The van der Waals surface area contributed by atoms with Crippen LogP contribution in [-0.4, -0.2) is 77.3 Å². The zero-order chi connectivity index (χ0) is 20.3. The molecule has 0 aliphatic carbocycles. The van der Waals surface area contributed by atoms with Gasteiger partial charge in [-0.25, -0.2) is 0 Å². The molecule has 0 aromatic heterocycles. The number of rotatable bonds is 20. The van der Waals surface area contributed by atoms with E-state index in [1.165, 1.54) is 0 Å². The van der Waals surface area contributed by atoms with Crippen molar-refractivity contribution in [2.45, 2.75) is 85.2 Å². The van der Waals surface area contributed by atoms with Crippen LogP contribution < -0.4 is 0 Å². The quantitative estimate of drug-likeness (QED) is 0.314. The Morgan fingerprint density at radius 2 is 0.852 bits per heavy atom. The summed E-state index contributed by atoms with van der Waals surface area (Å²) in [6.45, 7) is 17.2. The van der Waals surface area contributed by atoms with Gasteiger partial charge in [-0.2, -0.15) is 0 Å². The summed E-state index contributed by atoms with van der Waals surface area (Å²) in [5.41, 5.74) is 0. The Balaban J connectivity index is 4.19. The van der Waals surface area contributed by atoms with E-state index in [-0.39, 0.29) is 24.4 Å². The summed E-state index contributed by atoms with van der Waals surface area (Å²) in [6.07, 6.45) is 3.13. The first-order valence-corrected chi connectivity index (χ1v) is 10.6. The van der Waals surface area contributed by atoms with E-state index in [1.54, 1.807) is 0 Å². The van der Waals surface area contributed by atoms with Crippen molar-refractivity contribution in [2.75, 3.05) is 52.9 Å². The summed E-state index contributed by atoms with van der Waals surface area (Å²) in [4.78, 5) is 0. The Hall–Kier alpha value is -0.240. The summed E-state index contributed by atoms with van der Waals surface area (Å²) in [7, 11) is 0. The fraction of sp³-hybridized carbons (Fsp3) is 1.00. The fourth-order valence-electron chi connectivity index (χ4n) is 2.25. The Kier molecular flexibility index (Phi) is 18.9. The molecule has 0 aromatic carbocycles. The van der Waals surface area contributed by atoms with E-state index in [9.17, 15) is 0 Å². The van der Waals surface area contributed by atoms with Crippen LogP contribution in [0, 0.1) is 0 Å². The van der Waals surface area contributed by atoms with Crippen molar-refractivity contribution >= 4 is 0 Å². The van der Waals surface area contributed by atoms with Crippen molar-refractivity contribution < 1.29 is 28.4 Å². The van der Waals surface area contributed by atoms with E-state index < -0.39 is 0 Å². The molecule has 0 N–H and O–H groups in total. The predicted molar refractivity (Wildman–Crippen MR) is 108 cm³/mol. The molecule has 6 heteroatoms. The first-order chi connectivity index (χ1) is 13.0. The highest BCUT2D eigenvalue weighted by atomic mass is 16.6. The Labute approximate surface area is 167 Å². The molecule has 3 atom stereocenters. The first-order valence-electron chi connectivity index (χ1n) is 10.6. The summed E-state index contributed by atoms with van der Waals surface area (Å²) in [6, 6.07) is 0. The molecule has 27 heavy (non-hydrogen) atoms. The third-order valence-corrected chi connectivity index (χ3v) is 3.70. The van der Waals surface area contributed by atoms with Crippen LogP contribution in [-0.2, 0) is 28.4 Å². The minimum atomic E-state index is -0.130. The second kappa shape index (κ2) is 19.1. The minimum Gasteiger partial charge on any atom is -0.376 e. The molecule has 164 valence electrons. The van der Waals surface area contributed by atoms with Crippen LogP contribution in [0.15, 0.2) is 0 Å². The van der Waals surface area contributed by atoms with Crippen molar-refractivity contribution in [3.63, 3.8) is 0 Å². The average molecular weight is 393 g/mol. The molecule has 0 saturated heterocycles. The molecule has 0 aromatic rings. The van der Waals surface area contributed by atoms with Crippen LogP contribution in [0.4, 0.5) is 0 Å². The summed E-state index contributed by atoms with van der Waals surface area (Å²) in [5.74, 6) is 0. The largest absolute Gasteiger partial charge is 0.376 e. The summed E-state index contributed by atoms with van der Waals surface area (Å²) in [5, 5.41) is 0. The normalized spacial score (nSPS) is 16.2. The zero-order valence-corrected chi connectivity index (χ0v) is 18.5. The maximum absolute atomic E-state index is 5.97. The maximum Gasteiger partial charge on any atom is 0.104 e. The van der Waals surface area contributed by atoms with E-state index in [1.807, 2.05) is 20.8 Å². The molecule has 0 bridgehead atoms. The summed E-state index contributed by atoms with van der Waals surface area (Å²) >= 11 is 0. The molecule has 0 amide bonds. The van der Waals surface area contributed by atoms with E-state index >= 15 is 0 Å². The van der Waals surface area contributed by atoms with Crippen molar-refractivity contribution in [1.29, 1.82) is 0 Å². The third-order valence-electron chi connectivity index (χ3n) is 3.70. The van der Waals surface area contributed by atoms with Crippen molar-refractivity contribution in [1.82, 2.24) is 0 Å². The SMILES string of the molecule is CCCOC(C)COCC(COCC(C)OCCC)OCC(C)OCCC. The van der Waals surface area contributed by atoms with Crippen LogP contribution in [0.25, 0.3) is 0 Å². The molecular weight excluding hydrogens is 348 g/mol. The predicted octanol–water partition coefficient (Wildman–Crippen LogP) is 3.85. The smallest absolute Gasteiger partial charge is 0.104 e. The Morgan fingerprint density at radius 3 is 1.22 bits per heavy atom. The van der Waals surface area contributed by atoms with Crippen molar-refractivity contribution in [3.05, 3.63) is 0 Å². The van der Waals surface area contributed by atoms with Gasteiger partial charge in [0, 0.05) is 19.8 Å². The molecular formula is C21H44O6. The van der Waals surface area contributed by atoms with Gasteiger partial charge < -0.3 is 28.4 Å². The molecule has 0 rings (SSSR count). The van der Waals surface area contributed by atoms with Gasteiger partial charge >= 0.3 is 0 Å². The second-order valence-corrected chi connectivity index (χ2v) is 7.07. The van der Waals surface area contributed by atoms with Crippen molar-refractivity contribution in [3.8, 4) is 0 Å². The molecule has 0 heterocycles. The van der Waals surface area contributed by atoms with Crippen LogP contribution >= 0.6 is 0 Å². The molecule has 0 fully saturated rings. The van der Waals surface area contributed by atoms with Crippen LogP contribution in [0.3, 0.4) is 0 Å². The van der Waals surface area contributed by atoms with Gasteiger partial charge in [-0.3, -0.25) is 0 Å². The molecule has 0 spiro atoms. The number of ether oxygens (including phenoxy) is 6. The standard InChI is InChI=1S/C21H44O6/c1-7-10-24-18(4)13-22-16-21(27-15-20(6)26-12-9-3)17-23-14-19(5)25-11-8-2/h18-21H,7-17H2,1-6H3. The number of hydrogen-bond donors (Lipinski definition) is 0. The lowest BCUT2D eigenvalue weighted by Gasteiger charge is -2.22. The maximum atomic E-state index is 5.97. The Bertz CT molecular complexity index is 282.